The fourth-order valence-electron chi connectivity index (χ4n) is 3.78. The van der Waals surface area contributed by atoms with Crippen LogP contribution in [-0.2, 0) is 26.7 Å². The van der Waals surface area contributed by atoms with Gasteiger partial charge in [0, 0.05) is 50.5 Å². The first-order valence-corrected chi connectivity index (χ1v) is 8.60. The summed E-state index contributed by atoms with van der Waals surface area (Å²) in [6.07, 6.45) is 0. The van der Waals surface area contributed by atoms with E-state index in [2.05, 4.69) is 61.0 Å². The van der Waals surface area contributed by atoms with Gasteiger partial charge in [-0.05, 0) is 44.6 Å². The van der Waals surface area contributed by atoms with Gasteiger partial charge < -0.3 is 10.6 Å². The number of hydrogen-bond acceptors (Lipinski definition) is 4. The highest BCUT2D eigenvalue weighted by Gasteiger charge is 2.30. The number of benzene rings is 1. The van der Waals surface area contributed by atoms with Crippen LogP contribution in [0, 0.1) is 13.8 Å². The summed E-state index contributed by atoms with van der Waals surface area (Å²) in [5.41, 5.74) is 14.0. The third-order valence-corrected chi connectivity index (χ3v) is 5.13. The fourth-order valence-corrected chi connectivity index (χ4v) is 3.78. The lowest BCUT2D eigenvalue weighted by Gasteiger charge is -2.24. The molecule has 1 aliphatic rings. The molecule has 0 amide bonds. The average Bonchev–Trinajstić information content (AvgIpc) is 2.98. The Balaban J connectivity index is 1.86. The normalized spacial score (nSPS) is 17.7. The third-order valence-electron chi connectivity index (χ3n) is 5.13. The van der Waals surface area contributed by atoms with Crippen LogP contribution in [0.3, 0.4) is 0 Å². The molecular formula is C19H29N5. The molecule has 5 nitrogen and oxygen atoms in total. The maximum absolute atomic E-state index is 6.15. The Hall–Kier alpha value is -1.69. The van der Waals surface area contributed by atoms with Crippen LogP contribution in [0.25, 0.3) is 0 Å². The molecule has 24 heavy (non-hydrogen) atoms. The summed E-state index contributed by atoms with van der Waals surface area (Å²) < 4.78 is 1.97. The second kappa shape index (κ2) is 6.67. The number of rotatable bonds is 5. The Bertz CT molecular complexity index is 732. The summed E-state index contributed by atoms with van der Waals surface area (Å²) in [4.78, 5) is 4.69. The van der Waals surface area contributed by atoms with Crippen molar-refractivity contribution in [2.75, 3.05) is 20.6 Å². The number of nitrogens with two attached hydrogens (primary N) is 1. The maximum atomic E-state index is 6.15. The van der Waals surface area contributed by atoms with Crippen molar-refractivity contribution in [2.45, 2.75) is 39.5 Å². The zero-order valence-electron chi connectivity index (χ0n) is 15.5. The Morgan fingerprint density at radius 3 is 2.62 bits per heavy atom. The summed E-state index contributed by atoms with van der Waals surface area (Å²) in [5, 5.41) is 4.55. The molecule has 1 aromatic heterocycles. The van der Waals surface area contributed by atoms with E-state index >= 15 is 0 Å². The van der Waals surface area contributed by atoms with E-state index in [1.807, 2.05) is 11.7 Å². The number of aryl methyl sites for hydroxylation is 2. The molecule has 0 aliphatic carbocycles. The van der Waals surface area contributed by atoms with Crippen LogP contribution < -0.4 is 5.73 Å². The highest BCUT2D eigenvalue weighted by atomic mass is 15.3. The summed E-state index contributed by atoms with van der Waals surface area (Å²) in [7, 11) is 6.22. The summed E-state index contributed by atoms with van der Waals surface area (Å²) in [5.74, 6) is 0. The second-order valence-electron chi connectivity index (χ2n) is 7.20. The standard InChI is InChI=1S/C19H29N5/c1-13-18(14(2)23(5)21-13)12-24-11-16-7-6-15(10-22(3)4)8-17(16)19(24)9-20/h6-8,19H,9-12,20H2,1-5H3. The van der Waals surface area contributed by atoms with Gasteiger partial charge in [0.2, 0.25) is 0 Å². The van der Waals surface area contributed by atoms with Gasteiger partial charge in [-0.1, -0.05) is 18.2 Å². The first kappa shape index (κ1) is 17.1. The minimum absolute atomic E-state index is 0.293. The van der Waals surface area contributed by atoms with Crippen LogP contribution in [0.1, 0.15) is 39.7 Å². The highest BCUT2D eigenvalue weighted by Crippen LogP contribution is 2.35. The molecule has 3 rings (SSSR count). The molecule has 130 valence electrons. The zero-order chi connectivity index (χ0) is 17.4. The molecule has 5 heteroatoms. The molecule has 1 aromatic carbocycles. The minimum Gasteiger partial charge on any atom is -0.329 e. The Morgan fingerprint density at radius 1 is 1.29 bits per heavy atom. The van der Waals surface area contributed by atoms with Crippen LogP contribution in [0.15, 0.2) is 18.2 Å². The van der Waals surface area contributed by atoms with E-state index in [1.54, 1.807) is 0 Å². The van der Waals surface area contributed by atoms with Gasteiger partial charge in [0.25, 0.3) is 0 Å². The van der Waals surface area contributed by atoms with E-state index in [4.69, 9.17) is 5.73 Å². The predicted molar refractivity (Wildman–Crippen MR) is 97.6 cm³/mol. The van der Waals surface area contributed by atoms with Crippen molar-refractivity contribution in [3.8, 4) is 0 Å². The van der Waals surface area contributed by atoms with Gasteiger partial charge in [-0.15, -0.1) is 0 Å². The second-order valence-corrected chi connectivity index (χ2v) is 7.20. The third kappa shape index (κ3) is 3.11. The molecule has 0 bridgehead atoms. The summed E-state index contributed by atoms with van der Waals surface area (Å²) >= 11 is 0. The number of aromatic nitrogens is 2. The molecule has 0 radical (unpaired) electrons. The van der Waals surface area contributed by atoms with E-state index in [-0.39, 0.29) is 0 Å². The topological polar surface area (TPSA) is 50.3 Å². The molecule has 2 aromatic rings. The SMILES string of the molecule is Cc1nn(C)c(C)c1CN1Cc2ccc(CN(C)C)cc2C1CN. The van der Waals surface area contributed by atoms with Crippen LogP contribution in [-0.4, -0.2) is 40.2 Å². The summed E-state index contributed by atoms with van der Waals surface area (Å²) in [6.45, 7) is 7.73. The molecule has 2 N–H and O–H groups in total. The molecular weight excluding hydrogens is 298 g/mol. The Morgan fingerprint density at radius 2 is 2.04 bits per heavy atom. The molecule has 1 atom stereocenters. The van der Waals surface area contributed by atoms with Gasteiger partial charge in [-0.25, -0.2) is 0 Å². The molecule has 2 heterocycles. The van der Waals surface area contributed by atoms with Gasteiger partial charge >= 0.3 is 0 Å². The van der Waals surface area contributed by atoms with Crippen molar-refractivity contribution >= 4 is 0 Å². The first-order valence-electron chi connectivity index (χ1n) is 8.60. The number of nitrogens with zero attached hydrogens (tertiary/aromatic N) is 4. The van der Waals surface area contributed by atoms with Crippen LogP contribution in [0.2, 0.25) is 0 Å². The van der Waals surface area contributed by atoms with E-state index in [0.29, 0.717) is 12.6 Å². The van der Waals surface area contributed by atoms with Crippen LogP contribution in [0.5, 0.6) is 0 Å². The van der Waals surface area contributed by atoms with Crippen molar-refractivity contribution in [3.05, 3.63) is 51.8 Å². The number of fused-ring (bicyclic) bond motifs is 1. The van der Waals surface area contributed by atoms with Gasteiger partial charge in [0.05, 0.1) is 5.69 Å². The molecule has 0 spiro atoms. The number of hydrogen-bond donors (Lipinski definition) is 1. The van der Waals surface area contributed by atoms with Crippen LogP contribution in [0.4, 0.5) is 0 Å². The lowest BCUT2D eigenvalue weighted by molar-refractivity contribution is 0.210. The highest BCUT2D eigenvalue weighted by molar-refractivity contribution is 5.38. The van der Waals surface area contributed by atoms with Crippen molar-refractivity contribution in [1.82, 2.24) is 19.6 Å². The van der Waals surface area contributed by atoms with Crippen molar-refractivity contribution in [2.24, 2.45) is 12.8 Å². The van der Waals surface area contributed by atoms with Gasteiger partial charge in [0.1, 0.15) is 0 Å². The molecule has 1 unspecified atom stereocenters. The van der Waals surface area contributed by atoms with Gasteiger partial charge in [-0.2, -0.15) is 5.10 Å². The van der Waals surface area contributed by atoms with E-state index < -0.39 is 0 Å². The van der Waals surface area contributed by atoms with E-state index in [9.17, 15) is 0 Å². The Labute approximate surface area is 145 Å². The predicted octanol–water partition coefficient (Wildman–Crippen LogP) is 2.11. The zero-order valence-corrected chi connectivity index (χ0v) is 15.5. The van der Waals surface area contributed by atoms with E-state index in [1.165, 1.54) is 27.9 Å². The van der Waals surface area contributed by atoms with Crippen molar-refractivity contribution < 1.29 is 0 Å². The van der Waals surface area contributed by atoms with Gasteiger partial charge in [-0.3, -0.25) is 9.58 Å². The largest absolute Gasteiger partial charge is 0.329 e. The first-order chi connectivity index (χ1) is 11.4. The lowest BCUT2D eigenvalue weighted by Crippen LogP contribution is -2.28. The maximum Gasteiger partial charge on any atom is 0.0641 e. The lowest BCUT2D eigenvalue weighted by atomic mass is 10.0. The quantitative estimate of drug-likeness (QED) is 0.914. The fraction of sp³-hybridized carbons (Fsp3) is 0.526. The van der Waals surface area contributed by atoms with E-state index in [0.717, 1.165) is 25.3 Å². The average molecular weight is 327 g/mol. The van der Waals surface area contributed by atoms with Crippen molar-refractivity contribution in [3.63, 3.8) is 0 Å². The molecule has 0 saturated heterocycles. The smallest absolute Gasteiger partial charge is 0.0641 e. The van der Waals surface area contributed by atoms with Crippen molar-refractivity contribution in [1.29, 1.82) is 0 Å². The molecule has 0 fully saturated rings. The molecule has 1 aliphatic heterocycles. The monoisotopic (exact) mass is 327 g/mol. The molecule has 0 saturated carbocycles. The van der Waals surface area contributed by atoms with Crippen LogP contribution >= 0.6 is 0 Å². The Kier molecular flexibility index (Phi) is 4.76. The minimum atomic E-state index is 0.293. The summed E-state index contributed by atoms with van der Waals surface area (Å²) in [6, 6.07) is 7.16. The van der Waals surface area contributed by atoms with Gasteiger partial charge in [0.15, 0.2) is 0 Å².